The molecule has 0 saturated carbocycles. The van der Waals surface area contributed by atoms with Crippen molar-refractivity contribution in [1.82, 2.24) is 5.16 Å². The number of fused-ring (bicyclic) bond motifs is 1. The molecule has 37 heavy (non-hydrogen) atoms. The van der Waals surface area contributed by atoms with Gasteiger partial charge in [0.05, 0.1) is 12.3 Å². The second-order valence-corrected chi connectivity index (χ2v) is 9.08. The Morgan fingerprint density at radius 3 is 2.65 bits per heavy atom. The van der Waals surface area contributed by atoms with Crippen LogP contribution in [-0.4, -0.2) is 29.3 Å². The largest absolute Gasteiger partial charge is 0.441 e. The molecule has 1 atom stereocenters. The van der Waals surface area contributed by atoms with Crippen LogP contribution in [0.5, 0.6) is 0 Å². The highest BCUT2D eigenvalue weighted by Crippen LogP contribution is 2.26. The molecule has 1 aromatic heterocycles. The van der Waals surface area contributed by atoms with Crippen molar-refractivity contribution in [2.45, 2.75) is 26.4 Å². The third kappa shape index (κ3) is 5.71. The van der Waals surface area contributed by atoms with E-state index in [0.717, 1.165) is 21.9 Å². The minimum atomic E-state index is -0.671. The van der Waals surface area contributed by atoms with Crippen LogP contribution in [0.25, 0.3) is 10.8 Å². The number of hydrogen-bond acceptors (Lipinski definition) is 6. The van der Waals surface area contributed by atoms with Crippen molar-refractivity contribution in [3.63, 3.8) is 0 Å². The van der Waals surface area contributed by atoms with Gasteiger partial charge in [-0.05, 0) is 54.3 Å². The Bertz CT molecular complexity index is 1630. The predicted molar refractivity (Wildman–Crippen MR) is 142 cm³/mol. The second-order valence-electron chi connectivity index (χ2n) is 8.68. The number of aromatic nitrogens is 1. The molecule has 3 aromatic carbocycles. The Morgan fingerprint density at radius 2 is 1.86 bits per heavy atom. The SMILES string of the molecule is Cc1noc(C#Cc2ccc3cc(CC(=O)C4=NC4)ccc3c2)c1NC(=O)O[C@H](C)c1ccccc1Cl. The van der Waals surface area contributed by atoms with Crippen LogP contribution in [0.15, 0.2) is 70.2 Å². The number of nitrogens with zero attached hydrogens (tertiary/aromatic N) is 2. The summed E-state index contributed by atoms with van der Waals surface area (Å²) in [6.07, 6.45) is -0.867. The summed E-state index contributed by atoms with van der Waals surface area (Å²) in [5.41, 5.74) is 3.91. The van der Waals surface area contributed by atoms with Crippen molar-refractivity contribution in [3.05, 3.63) is 93.8 Å². The zero-order valence-corrected chi connectivity index (χ0v) is 20.9. The lowest BCUT2D eigenvalue weighted by atomic mass is 10.0. The van der Waals surface area contributed by atoms with Gasteiger partial charge in [-0.15, -0.1) is 0 Å². The topological polar surface area (TPSA) is 93.8 Å². The van der Waals surface area contributed by atoms with Crippen molar-refractivity contribution >= 4 is 45.6 Å². The molecule has 2 heterocycles. The summed E-state index contributed by atoms with van der Waals surface area (Å²) < 4.78 is 10.8. The maximum Gasteiger partial charge on any atom is 0.412 e. The molecular formula is C29H22ClN3O4. The van der Waals surface area contributed by atoms with Gasteiger partial charge in [-0.1, -0.05) is 65.1 Å². The standard InChI is InChI=1S/C29H22ClN3O4/c1-17-28(32-29(35)36-18(2)23-5-3-4-6-24(23)30)27(37-33-17)12-9-19-7-10-22-14-20(8-11-21(22)13-19)15-26(34)25-16-31-25/h3-8,10-11,13-14,18H,15-16H2,1-2H3,(H,32,35)/t18-/m1/s1. The molecule has 5 rings (SSSR count). The van der Waals surface area contributed by atoms with E-state index in [-0.39, 0.29) is 11.5 Å². The van der Waals surface area contributed by atoms with Crippen molar-refractivity contribution in [2.75, 3.05) is 11.9 Å². The molecular weight excluding hydrogens is 490 g/mol. The van der Waals surface area contributed by atoms with E-state index in [0.29, 0.717) is 40.6 Å². The molecule has 0 fully saturated rings. The molecule has 8 heteroatoms. The van der Waals surface area contributed by atoms with Gasteiger partial charge < -0.3 is 9.26 Å². The van der Waals surface area contributed by atoms with Crippen molar-refractivity contribution in [3.8, 4) is 11.8 Å². The number of Topliss-reactive ketones (excluding diaryl/α,β-unsaturated/α-hetero) is 1. The summed E-state index contributed by atoms with van der Waals surface area (Å²) in [6.45, 7) is 4.01. The fourth-order valence-electron chi connectivity index (χ4n) is 3.88. The fraction of sp³-hybridized carbons (Fsp3) is 0.172. The van der Waals surface area contributed by atoms with Gasteiger partial charge in [-0.25, -0.2) is 4.79 Å². The van der Waals surface area contributed by atoms with E-state index >= 15 is 0 Å². The van der Waals surface area contributed by atoms with Crippen LogP contribution in [0.2, 0.25) is 5.02 Å². The first-order valence-corrected chi connectivity index (χ1v) is 12.0. The quantitative estimate of drug-likeness (QED) is 0.317. The predicted octanol–water partition coefficient (Wildman–Crippen LogP) is 6.07. The molecule has 0 unspecified atom stereocenters. The Balaban J connectivity index is 1.29. The number of benzene rings is 3. The lowest BCUT2D eigenvalue weighted by molar-refractivity contribution is -0.112. The minimum absolute atomic E-state index is 0.0794. The van der Waals surface area contributed by atoms with E-state index in [1.807, 2.05) is 48.5 Å². The molecule has 1 N–H and O–H groups in total. The number of ketones is 1. The first-order valence-electron chi connectivity index (χ1n) is 11.7. The Kier molecular flexibility index (Phi) is 6.76. The molecule has 1 aliphatic heterocycles. The molecule has 0 radical (unpaired) electrons. The number of aryl methyl sites for hydroxylation is 1. The lowest BCUT2D eigenvalue weighted by Gasteiger charge is -2.15. The summed E-state index contributed by atoms with van der Waals surface area (Å²) in [6, 6.07) is 18.9. The number of halogens is 1. The van der Waals surface area contributed by atoms with Gasteiger partial charge in [0.15, 0.2) is 5.78 Å². The van der Waals surface area contributed by atoms with Crippen LogP contribution in [0, 0.1) is 18.8 Å². The average molecular weight is 512 g/mol. The Morgan fingerprint density at radius 1 is 1.11 bits per heavy atom. The molecule has 7 nitrogen and oxygen atoms in total. The maximum absolute atomic E-state index is 12.5. The molecule has 0 saturated heterocycles. The van der Waals surface area contributed by atoms with Crippen LogP contribution in [-0.2, 0) is 16.0 Å². The summed E-state index contributed by atoms with van der Waals surface area (Å²) in [5, 5.41) is 9.14. The van der Waals surface area contributed by atoms with Crippen LogP contribution < -0.4 is 5.32 Å². The van der Waals surface area contributed by atoms with E-state index in [1.165, 1.54) is 0 Å². The summed E-state index contributed by atoms with van der Waals surface area (Å²) in [5.74, 6) is 6.30. The Hall–Kier alpha value is -4.41. The third-order valence-electron chi connectivity index (χ3n) is 5.94. The van der Waals surface area contributed by atoms with Crippen LogP contribution >= 0.6 is 11.6 Å². The van der Waals surface area contributed by atoms with E-state index in [4.69, 9.17) is 20.9 Å². The fourth-order valence-corrected chi connectivity index (χ4v) is 4.17. The van der Waals surface area contributed by atoms with E-state index in [9.17, 15) is 9.59 Å². The highest BCUT2D eigenvalue weighted by molar-refractivity contribution is 6.45. The van der Waals surface area contributed by atoms with Gasteiger partial charge in [0, 0.05) is 22.6 Å². The van der Waals surface area contributed by atoms with Crippen molar-refractivity contribution in [1.29, 1.82) is 0 Å². The second kappa shape index (κ2) is 10.3. The molecule has 1 aliphatic rings. The number of amides is 1. The van der Waals surface area contributed by atoms with Gasteiger partial charge in [-0.3, -0.25) is 15.1 Å². The summed E-state index contributed by atoms with van der Waals surface area (Å²) in [7, 11) is 0. The van der Waals surface area contributed by atoms with E-state index in [2.05, 4.69) is 27.3 Å². The third-order valence-corrected chi connectivity index (χ3v) is 6.29. The maximum atomic E-state index is 12.5. The zero-order chi connectivity index (χ0) is 25.9. The van der Waals surface area contributed by atoms with Gasteiger partial charge in [0.25, 0.3) is 0 Å². The van der Waals surface area contributed by atoms with E-state index in [1.54, 1.807) is 26.0 Å². The van der Waals surface area contributed by atoms with Gasteiger partial charge in [-0.2, -0.15) is 0 Å². The number of rotatable bonds is 6. The summed E-state index contributed by atoms with van der Waals surface area (Å²) >= 11 is 6.20. The normalized spacial score (nSPS) is 12.8. The molecule has 184 valence electrons. The van der Waals surface area contributed by atoms with Gasteiger partial charge in [0.1, 0.15) is 17.5 Å². The first kappa shape index (κ1) is 24.3. The molecule has 4 aromatic rings. The zero-order valence-electron chi connectivity index (χ0n) is 20.2. The van der Waals surface area contributed by atoms with Gasteiger partial charge >= 0.3 is 6.09 Å². The monoisotopic (exact) mass is 511 g/mol. The number of carbonyl (C=O) groups is 2. The number of ether oxygens (including phenoxy) is 1. The van der Waals surface area contributed by atoms with Crippen LogP contribution in [0.3, 0.4) is 0 Å². The average Bonchev–Trinajstić information content (AvgIpc) is 3.68. The number of hydrogen-bond donors (Lipinski definition) is 1. The van der Waals surface area contributed by atoms with Crippen molar-refractivity contribution in [2.24, 2.45) is 4.99 Å². The number of anilines is 1. The van der Waals surface area contributed by atoms with Crippen molar-refractivity contribution < 1.29 is 18.8 Å². The number of aliphatic imine (C=N–C) groups is 1. The smallest absolute Gasteiger partial charge is 0.412 e. The highest BCUT2D eigenvalue weighted by atomic mass is 35.5. The lowest BCUT2D eigenvalue weighted by Crippen LogP contribution is -2.17. The van der Waals surface area contributed by atoms with Gasteiger partial charge in [0.2, 0.25) is 5.76 Å². The Labute approximate surface area is 218 Å². The minimum Gasteiger partial charge on any atom is -0.441 e. The first-order chi connectivity index (χ1) is 17.9. The summed E-state index contributed by atoms with van der Waals surface area (Å²) in [4.78, 5) is 28.5. The number of carbonyl (C=O) groups excluding carboxylic acids is 2. The molecule has 0 aliphatic carbocycles. The molecule has 0 spiro atoms. The molecule has 1 amide bonds. The highest BCUT2D eigenvalue weighted by Gasteiger charge is 2.20. The molecule has 0 bridgehead atoms. The van der Waals surface area contributed by atoms with E-state index < -0.39 is 12.2 Å². The van der Waals surface area contributed by atoms with Crippen LogP contribution in [0.4, 0.5) is 10.5 Å². The number of nitrogens with one attached hydrogen (secondary N) is 1. The van der Waals surface area contributed by atoms with Crippen LogP contribution in [0.1, 0.15) is 41.2 Å².